The van der Waals surface area contributed by atoms with Gasteiger partial charge in [-0.1, -0.05) is 12.1 Å². The summed E-state index contributed by atoms with van der Waals surface area (Å²) in [7, 11) is 0. The predicted molar refractivity (Wildman–Crippen MR) is 72.2 cm³/mol. The quantitative estimate of drug-likeness (QED) is 0.826. The number of aryl methyl sites for hydroxylation is 1. The Morgan fingerprint density at radius 3 is 2.40 bits per heavy atom. The van der Waals surface area contributed by atoms with Gasteiger partial charge in [0.1, 0.15) is 6.04 Å². The van der Waals surface area contributed by atoms with Crippen molar-refractivity contribution in [2.24, 2.45) is 5.73 Å². The zero-order valence-corrected chi connectivity index (χ0v) is 11.5. The number of nitrogens with two attached hydrogens (primary N) is 1. The van der Waals surface area contributed by atoms with Crippen molar-refractivity contribution < 1.29 is 9.90 Å². The molecule has 0 fully saturated rings. The third-order valence-corrected chi connectivity index (χ3v) is 3.32. The highest BCUT2D eigenvalue weighted by Crippen LogP contribution is 2.23. The standard InChI is InChI=1S/C12H13N5O2S/c1-7-14-16-12(17-15-7)20-9-4-2-8(3-5-9)6-10(13)11(18)19/h2-5,10H,6,13H2,1H3,(H,18,19). The van der Waals surface area contributed by atoms with Crippen molar-refractivity contribution in [2.75, 3.05) is 0 Å². The number of hydrogen-bond donors (Lipinski definition) is 2. The van der Waals surface area contributed by atoms with Crippen LogP contribution >= 0.6 is 11.8 Å². The number of hydrogen-bond acceptors (Lipinski definition) is 7. The number of aliphatic carboxylic acids is 1. The van der Waals surface area contributed by atoms with Crippen LogP contribution in [0.2, 0.25) is 0 Å². The van der Waals surface area contributed by atoms with Gasteiger partial charge in [0.15, 0.2) is 5.82 Å². The maximum absolute atomic E-state index is 10.7. The van der Waals surface area contributed by atoms with Gasteiger partial charge in [0.25, 0.3) is 0 Å². The third kappa shape index (κ3) is 3.97. The van der Waals surface area contributed by atoms with Gasteiger partial charge < -0.3 is 10.8 Å². The molecular weight excluding hydrogens is 278 g/mol. The Labute approximate surface area is 119 Å². The lowest BCUT2D eigenvalue weighted by Gasteiger charge is -2.06. The van der Waals surface area contributed by atoms with E-state index in [-0.39, 0.29) is 0 Å². The summed E-state index contributed by atoms with van der Waals surface area (Å²) in [5.74, 6) is -0.485. The van der Waals surface area contributed by atoms with Crippen LogP contribution in [-0.2, 0) is 11.2 Å². The Bertz CT molecular complexity index is 588. The SMILES string of the molecule is Cc1nnc(Sc2ccc(CC(N)C(=O)O)cc2)nn1. The van der Waals surface area contributed by atoms with Crippen molar-refractivity contribution >= 4 is 17.7 Å². The minimum atomic E-state index is -1.01. The largest absolute Gasteiger partial charge is 0.480 e. The van der Waals surface area contributed by atoms with E-state index in [0.29, 0.717) is 17.4 Å². The van der Waals surface area contributed by atoms with Gasteiger partial charge in [0.05, 0.1) is 0 Å². The number of rotatable bonds is 5. The molecule has 0 saturated carbocycles. The molecule has 1 unspecified atom stereocenters. The van der Waals surface area contributed by atoms with Crippen LogP contribution in [0.1, 0.15) is 11.4 Å². The van der Waals surface area contributed by atoms with Crippen LogP contribution in [0.25, 0.3) is 0 Å². The van der Waals surface area contributed by atoms with Crippen LogP contribution < -0.4 is 5.73 Å². The molecule has 0 bridgehead atoms. The number of carboxylic acids is 1. The summed E-state index contributed by atoms with van der Waals surface area (Å²) in [5.41, 5.74) is 6.35. The summed E-state index contributed by atoms with van der Waals surface area (Å²) >= 11 is 1.34. The average molecular weight is 291 g/mol. The fourth-order valence-corrected chi connectivity index (χ4v) is 2.10. The summed E-state index contributed by atoms with van der Waals surface area (Å²) in [5, 5.41) is 24.7. The number of carboxylic acid groups (broad SMARTS) is 1. The molecule has 1 aromatic carbocycles. The molecule has 0 radical (unpaired) electrons. The van der Waals surface area contributed by atoms with Gasteiger partial charge in [0, 0.05) is 4.90 Å². The molecule has 0 saturated heterocycles. The van der Waals surface area contributed by atoms with Crippen LogP contribution in [0.15, 0.2) is 34.3 Å². The lowest BCUT2D eigenvalue weighted by molar-refractivity contribution is -0.138. The molecule has 3 N–H and O–H groups in total. The predicted octanol–water partition coefficient (Wildman–Crippen LogP) is 0.681. The van der Waals surface area contributed by atoms with Crippen LogP contribution in [0.4, 0.5) is 0 Å². The minimum Gasteiger partial charge on any atom is -0.480 e. The molecule has 1 aromatic heterocycles. The maximum Gasteiger partial charge on any atom is 0.320 e. The summed E-state index contributed by atoms with van der Waals surface area (Å²) in [6.07, 6.45) is 0.296. The molecule has 0 aliphatic heterocycles. The van der Waals surface area contributed by atoms with E-state index >= 15 is 0 Å². The summed E-state index contributed by atoms with van der Waals surface area (Å²) in [4.78, 5) is 11.6. The summed E-state index contributed by atoms with van der Waals surface area (Å²) < 4.78 is 0. The second-order valence-electron chi connectivity index (χ2n) is 4.12. The topological polar surface area (TPSA) is 115 Å². The van der Waals surface area contributed by atoms with Gasteiger partial charge in [-0.05, 0) is 42.8 Å². The van der Waals surface area contributed by atoms with Gasteiger partial charge in [-0.3, -0.25) is 4.79 Å². The van der Waals surface area contributed by atoms with Gasteiger partial charge in [0.2, 0.25) is 5.16 Å². The number of nitrogens with zero attached hydrogens (tertiary/aromatic N) is 4. The highest BCUT2D eigenvalue weighted by Gasteiger charge is 2.12. The van der Waals surface area contributed by atoms with E-state index < -0.39 is 12.0 Å². The van der Waals surface area contributed by atoms with Crippen LogP contribution in [0.5, 0.6) is 0 Å². The molecular formula is C12H13N5O2S. The molecule has 104 valence electrons. The van der Waals surface area contributed by atoms with Crippen molar-refractivity contribution in [3.63, 3.8) is 0 Å². The first kappa shape index (κ1) is 14.4. The van der Waals surface area contributed by atoms with Gasteiger partial charge in [-0.15, -0.1) is 20.4 Å². The molecule has 2 rings (SSSR count). The first-order chi connectivity index (χ1) is 9.54. The van der Waals surface area contributed by atoms with E-state index in [1.165, 1.54) is 11.8 Å². The number of benzene rings is 1. The lowest BCUT2D eigenvalue weighted by atomic mass is 10.1. The van der Waals surface area contributed by atoms with Gasteiger partial charge >= 0.3 is 5.97 Å². The van der Waals surface area contributed by atoms with Gasteiger partial charge in [-0.2, -0.15) is 0 Å². The zero-order chi connectivity index (χ0) is 14.5. The lowest BCUT2D eigenvalue weighted by Crippen LogP contribution is -2.32. The van der Waals surface area contributed by atoms with E-state index in [2.05, 4.69) is 20.4 Å². The van der Waals surface area contributed by atoms with E-state index in [4.69, 9.17) is 10.8 Å². The van der Waals surface area contributed by atoms with Crippen LogP contribution in [0.3, 0.4) is 0 Å². The van der Waals surface area contributed by atoms with Crippen LogP contribution in [-0.4, -0.2) is 37.5 Å². The molecule has 2 aromatic rings. The Morgan fingerprint density at radius 1 is 1.25 bits per heavy atom. The average Bonchev–Trinajstić information content (AvgIpc) is 2.43. The Morgan fingerprint density at radius 2 is 1.85 bits per heavy atom. The van der Waals surface area contributed by atoms with Crippen molar-refractivity contribution in [1.29, 1.82) is 0 Å². The second-order valence-corrected chi connectivity index (χ2v) is 5.17. The van der Waals surface area contributed by atoms with Crippen molar-refractivity contribution in [3.8, 4) is 0 Å². The fourth-order valence-electron chi connectivity index (χ4n) is 1.45. The first-order valence-corrected chi connectivity index (χ1v) is 6.65. The van der Waals surface area contributed by atoms with E-state index in [1.54, 1.807) is 6.92 Å². The van der Waals surface area contributed by atoms with Crippen molar-refractivity contribution in [1.82, 2.24) is 20.4 Å². The fraction of sp³-hybridized carbons (Fsp3) is 0.250. The Balaban J connectivity index is 2.01. The van der Waals surface area contributed by atoms with Crippen LogP contribution in [0, 0.1) is 6.92 Å². The highest BCUT2D eigenvalue weighted by atomic mass is 32.2. The third-order valence-electron chi connectivity index (χ3n) is 2.47. The smallest absolute Gasteiger partial charge is 0.320 e. The van der Waals surface area contributed by atoms with E-state index in [0.717, 1.165) is 10.5 Å². The number of carbonyl (C=O) groups is 1. The maximum atomic E-state index is 10.7. The number of aromatic nitrogens is 4. The zero-order valence-electron chi connectivity index (χ0n) is 10.7. The molecule has 20 heavy (non-hydrogen) atoms. The molecule has 0 aliphatic rings. The van der Waals surface area contributed by atoms with Crippen molar-refractivity contribution in [2.45, 2.75) is 29.4 Å². The molecule has 8 heteroatoms. The molecule has 7 nitrogen and oxygen atoms in total. The highest BCUT2D eigenvalue weighted by molar-refractivity contribution is 7.99. The molecule has 1 heterocycles. The second kappa shape index (κ2) is 6.40. The normalized spacial score (nSPS) is 12.1. The molecule has 0 aliphatic carbocycles. The monoisotopic (exact) mass is 291 g/mol. The van der Waals surface area contributed by atoms with E-state index in [9.17, 15) is 4.79 Å². The van der Waals surface area contributed by atoms with Gasteiger partial charge in [-0.25, -0.2) is 0 Å². The Hall–Kier alpha value is -2.06. The Kier molecular flexibility index (Phi) is 4.59. The summed E-state index contributed by atoms with van der Waals surface area (Å²) in [6.45, 7) is 1.72. The van der Waals surface area contributed by atoms with Crippen molar-refractivity contribution in [3.05, 3.63) is 35.7 Å². The summed E-state index contributed by atoms with van der Waals surface area (Å²) in [6, 6.07) is 6.50. The van der Waals surface area contributed by atoms with E-state index in [1.807, 2.05) is 24.3 Å². The molecule has 0 spiro atoms. The first-order valence-electron chi connectivity index (χ1n) is 5.84. The molecule has 0 amide bonds. The molecule has 1 atom stereocenters. The minimum absolute atomic E-state index is 0.296.